The van der Waals surface area contributed by atoms with Crippen molar-refractivity contribution in [2.24, 2.45) is 0 Å². The molecule has 148 valence electrons. The Morgan fingerprint density at radius 2 is 0.667 bits per heavy atom. The van der Waals surface area contributed by atoms with Gasteiger partial charge in [-0.25, -0.2) is 0 Å². The van der Waals surface area contributed by atoms with Crippen LogP contribution in [0.2, 0.25) is 0 Å². The summed E-state index contributed by atoms with van der Waals surface area (Å²) in [6, 6.07) is 0. The maximum atomic E-state index is 8.61. The molecule has 0 fully saturated rings. The highest BCUT2D eigenvalue weighted by Crippen LogP contribution is 2.10. The number of rotatable bonds is 17. The van der Waals surface area contributed by atoms with E-state index < -0.39 is 6.29 Å². The fourth-order valence-electron chi connectivity index (χ4n) is 2.84. The average molecular weight is 345 g/mol. The lowest BCUT2D eigenvalue weighted by atomic mass is 10.1. The topological polar surface area (TPSA) is 40.5 Å². The van der Waals surface area contributed by atoms with Gasteiger partial charge in [0.05, 0.1) is 0 Å². The molecular formula is C22H48O2. The third-order valence-electron chi connectivity index (χ3n) is 4.52. The standard InChI is InChI=1S/C12H26O2.C10H22/c1-2-3-4-5-6-7-8-9-10-11-12(13)14;1-3-5-7-9-10-8-6-4-2/h12-14H,2-11H2,1H3;3-10H2,1-2H3. The minimum Gasteiger partial charge on any atom is -0.368 e. The molecule has 0 unspecified atom stereocenters. The van der Waals surface area contributed by atoms with E-state index in [-0.39, 0.29) is 0 Å². The molecule has 0 saturated heterocycles. The second kappa shape index (κ2) is 25.2. The second-order valence-corrected chi connectivity index (χ2v) is 7.22. The van der Waals surface area contributed by atoms with E-state index in [0.29, 0.717) is 6.42 Å². The van der Waals surface area contributed by atoms with Crippen LogP contribution in [0.5, 0.6) is 0 Å². The summed E-state index contributed by atoms with van der Waals surface area (Å²) in [5.74, 6) is 0. The highest BCUT2D eigenvalue weighted by Gasteiger charge is 1.96. The maximum Gasteiger partial charge on any atom is 0.151 e. The minimum atomic E-state index is -1.10. The van der Waals surface area contributed by atoms with Gasteiger partial charge in [-0.05, 0) is 12.8 Å². The molecule has 0 bridgehead atoms. The van der Waals surface area contributed by atoms with Gasteiger partial charge in [0.15, 0.2) is 6.29 Å². The Balaban J connectivity index is 0. The van der Waals surface area contributed by atoms with Crippen molar-refractivity contribution >= 4 is 0 Å². The van der Waals surface area contributed by atoms with E-state index in [1.54, 1.807) is 0 Å². The number of hydrogen-bond acceptors (Lipinski definition) is 2. The number of aliphatic hydroxyl groups is 2. The van der Waals surface area contributed by atoms with Crippen molar-refractivity contribution in [2.45, 2.75) is 143 Å². The molecule has 0 saturated carbocycles. The molecule has 0 atom stereocenters. The van der Waals surface area contributed by atoms with E-state index in [1.807, 2.05) is 0 Å². The molecule has 0 aromatic rings. The van der Waals surface area contributed by atoms with Crippen LogP contribution in [0.15, 0.2) is 0 Å². The molecule has 0 amide bonds. The summed E-state index contributed by atoms with van der Waals surface area (Å²) in [6.45, 7) is 6.78. The lowest BCUT2D eigenvalue weighted by Crippen LogP contribution is -2.02. The molecule has 0 heterocycles. The summed E-state index contributed by atoms with van der Waals surface area (Å²) in [4.78, 5) is 0. The van der Waals surface area contributed by atoms with Gasteiger partial charge in [-0.15, -0.1) is 0 Å². The largest absolute Gasteiger partial charge is 0.368 e. The average Bonchev–Trinajstić information content (AvgIpc) is 2.57. The van der Waals surface area contributed by atoms with Crippen molar-refractivity contribution in [1.82, 2.24) is 0 Å². The molecule has 0 aliphatic carbocycles. The normalized spacial score (nSPS) is 10.8. The van der Waals surface area contributed by atoms with Gasteiger partial charge in [-0.3, -0.25) is 0 Å². The van der Waals surface area contributed by atoms with Crippen LogP contribution in [0.3, 0.4) is 0 Å². The van der Waals surface area contributed by atoms with Gasteiger partial charge in [-0.2, -0.15) is 0 Å². The Bertz CT molecular complexity index is 184. The first kappa shape index (κ1) is 26.2. The first-order valence-electron chi connectivity index (χ1n) is 11.0. The Hall–Kier alpha value is -0.0800. The number of unbranched alkanes of at least 4 members (excludes halogenated alkanes) is 15. The predicted molar refractivity (Wildman–Crippen MR) is 108 cm³/mol. The molecular weight excluding hydrogens is 296 g/mol. The van der Waals surface area contributed by atoms with E-state index >= 15 is 0 Å². The summed E-state index contributed by atoms with van der Waals surface area (Å²) in [7, 11) is 0. The van der Waals surface area contributed by atoms with Crippen molar-refractivity contribution in [2.75, 3.05) is 0 Å². The first-order chi connectivity index (χ1) is 11.7. The maximum absolute atomic E-state index is 8.61. The quantitative estimate of drug-likeness (QED) is 0.214. The molecule has 0 radical (unpaired) electrons. The number of aliphatic hydroxyl groups excluding tert-OH is 1. The van der Waals surface area contributed by atoms with Crippen LogP contribution in [0.1, 0.15) is 136 Å². The van der Waals surface area contributed by atoms with Gasteiger partial charge in [0, 0.05) is 0 Å². The Morgan fingerprint density at radius 3 is 0.917 bits per heavy atom. The lowest BCUT2D eigenvalue weighted by molar-refractivity contribution is -0.0466. The van der Waals surface area contributed by atoms with Crippen LogP contribution in [0.25, 0.3) is 0 Å². The zero-order valence-corrected chi connectivity index (χ0v) is 17.2. The molecule has 0 rings (SSSR count). The molecule has 24 heavy (non-hydrogen) atoms. The van der Waals surface area contributed by atoms with E-state index in [2.05, 4.69) is 20.8 Å². The van der Waals surface area contributed by atoms with Crippen LogP contribution >= 0.6 is 0 Å². The Morgan fingerprint density at radius 1 is 0.417 bits per heavy atom. The second-order valence-electron chi connectivity index (χ2n) is 7.22. The van der Waals surface area contributed by atoms with Crippen LogP contribution in [-0.4, -0.2) is 16.5 Å². The van der Waals surface area contributed by atoms with Crippen LogP contribution < -0.4 is 0 Å². The van der Waals surface area contributed by atoms with Crippen LogP contribution in [0, 0.1) is 0 Å². The highest BCUT2D eigenvalue weighted by atomic mass is 16.5. The van der Waals surface area contributed by atoms with Crippen molar-refractivity contribution in [3.8, 4) is 0 Å². The minimum absolute atomic E-state index is 0.538. The smallest absolute Gasteiger partial charge is 0.151 e. The van der Waals surface area contributed by atoms with Gasteiger partial charge >= 0.3 is 0 Å². The molecule has 2 heteroatoms. The van der Waals surface area contributed by atoms with Gasteiger partial charge in [0.2, 0.25) is 0 Å². The summed E-state index contributed by atoms with van der Waals surface area (Å²) in [5.41, 5.74) is 0. The summed E-state index contributed by atoms with van der Waals surface area (Å²) >= 11 is 0. The highest BCUT2D eigenvalue weighted by molar-refractivity contribution is 4.47. The fraction of sp³-hybridized carbons (Fsp3) is 1.00. The van der Waals surface area contributed by atoms with Crippen molar-refractivity contribution in [1.29, 1.82) is 0 Å². The molecule has 0 aliphatic heterocycles. The van der Waals surface area contributed by atoms with E-state index in [1.165, 1.54) is 96.3 Å². The molecule has 0 aliphatic rings. The molecule has 0 aromatic carbocycles. The summed E-state index contributed by atoms with van der Waals surface area (Å²) < 4.78 is 0. The van der Waals surface area contributed by atoms with Gasteiger partial charge < -0.3 is 10.2 Å². The molecule has 0 aromatic heterocycles. The Kier molecular flexibility index (Phi) is 27.4. The third kappa shape index (κ3) is 29.9. The molecule has 2 nitrogen and oxygen atoms in total. The van der Waals surface area contributed by atoms with Gasteiger partial charge in [-0.1, -0.05) is 124 Å². The Labute approximate surface area is 153 Å². The predicted octanol–water partition coefficient (Wildman–Crippen LogP) is 7.37. The van der Waals surface area contributed by atoms with Gasteiger partial charge in [0.25, 0.3) is 0 Å². The third-order valence-corrected chi connectivity index (χ3v) is 4.52. The molecule has 2 N–H and O–H groups in total. The summed E-state index contributed by atoms with van der Waals surface area (Å²) in [6.07, 6.45) is 22.3. The fourth-order valence-corrected chi connectivity index (χ4v) is 2.84. The van der Waals surface area contributed by atoms with Crippen molar-refractivity contribution in [3.05, 3.63) is 0 Å². The van der Waals surface area contributed by atoms with Crippen LogP contribution in [0.4, 0.5) is 0 Å². The first-order valence-corrected chi connectivity index (χ1v) is 11.0. The molecule has 0 spiro atoms. The zero-order valence-electron chi connectivity index (χ0n) is 17.2. The lowest BCUT2D eigenvalue weighted by Gasteiger charge is -2.03. The number of hydrogen-bond donors (Lipinski definition) is 2. The zero-order chi connectivity index (χ0) is 18.3. The van der Waals surface area contributed by atoms with E-state index in [0.717, 1.165) is 12.8 Å². The van der Waals surface area contributed by atoms with Crippen molar-refractivity contribution < 1.29 is 10.2 Å². The van der Waals surface area contributed by atoms with Gasteiger partial charge in [0.1, 0.15) is 0 Å². The van der Waals surface area contributed by atoms with Crippen molar-refractivity contribution in [3.63, 3.8) is 0 Å². The van der Waals surface area contributed by atoms with E-state index in [4.69, 9.17) is 10.2 Å². The van der Waals surface area contributed by atoms with E-state index in [9.17, 15) is 0 Å². The summed E-state index contributed by atoms with van der Waals surface area (Å²) in [5, 5.41) is 17.2. The monoisotopic (exact) mass is 344 g/mol. The SMILES string of the molecule is CCCCCCCCCC.CCCCCCCCCCCC(O)O. The van der Waals surface area contributed by atoms with Crippen LogP contribution in [-0.2, 0) is 0 Å².